The minimum atomic E-state index is -0.117. The first-order valence-electron chi connectivity index (χ1n) is 9.38. The highest BCUT2D eigenvalue weighted by atomic mass is 35.5. The second kappa shape index (κ2) is 8.02. The fourth-order valence-corrected chi connectivity index (χ4v) is 3.29. The van der Waals surface area contributed by atoms with Crippen molar-refractivity contribution < 1.29 is 4.79 Å². The highest BCUT2D eigenvalue weighted by Crippen LogP contribution is 2.36. The number of carbonyl (C=O) groups excluding carboxylic acids is 1. The molecule has 0 spiro atoms. The minimum Gasteiger partial charge on any atom is -0.354 e. The van der Waals surface area contributed by atoms with Crippen molar-refractivity contribution in [1.29, 1.82) is 0 Å². The van der Waals surface area contributed by atoms with E-state index >= 15 is 0 Å². The maximum Gasteiger partial charge on any atom is 0.346 e. The predicted molar refractivity (Wildman–Crippen MR) is 108 cm³/mol. The molecule has 0 saturated heterocycles. The number of carbonyl (C=O) groups is 1. The van der Waals surface area contributed by atoms with E-state index in [9.17, 15) is 9.59 Å². The van der Waals surface area contributed by atoms with Gasteiger partial charge in [-0.3, -0.25) is 9.36 Å². The molecule has 1 N–H and O–H groups in total. The van der Waals surface area contributed by atoms with Gasteiger partial charge in [0, 0.05) is 23.2 Å². The van der Waals surface area contributed by atoms with Crippen molar-refractivity contribution in [2.75, 3.05) is 6.54 Å². The van der Waals surface area contributed by atoms with Gasteiger partial charge in [0.25, 0.3) is 0 Å². The third kappa shape index (κ3) is 4.17. The van der Waals surface area contributed by atoms with Gasteiger partial charge in [-0.1, -0.05) is 54.1 Å². The summed E-state index contributed by atoms with van der Waals surface area (Å²) in [6, 6.07) is 17.1. The van der Waals surface area contributed by atoms with Crippen LogP contribution in [0.15, 0.2) is 59.4 Å². The molecule has 1 aromatic heterocycles. The highest BCUT2D eigenvalue weighted by Gasteiger charge is 2.30. The van der Waals surface area contributed by atoms with Gasteiger partial charge in [-0.05, 0) is 30.5 Å². The molecular weight excluding hydrogens is 376 g/mol. The number of hydrogen-bond donors (Lipinski definition) is 1. The van der Waals surface area contributed by atoms with Gasteiger partial charge in [0.1, 0.15) is 0 Å². The summed E-state index contributed by atoms with van der Waals surface area (Å²) in [5.74, 6) is 0.598. The van der Waals surface area contributed by atoms with Crippen molar-refractivity contribution in [3.63, 3.8) is 0 Å². The highest BCUT2D eigenvalue weighted by molar-refractivity contribution is 6.30. The molecule has 144 valence electrons. The van der Waals surface area contributed by atoms with Crippen LogP contribution in [0.1, 0.15) is 24.4 Å². The number of nitrogens with one attached hydrogen (secondary N) is 1. The van der Waals surface area contributed by atoms with Crippen LogP contribution in [-0.2, 0) is 17.8 Å². The number of hydrogen-bond acceptors (Lipinski definition) is 3. The summed E-state index contributed by atoms with van der Waals surface area (Å²) in [7, 11) is 0. The molecular formula is C21H21ClN4O2. The van der Waals surface area contributed by atoms with Gasteiger partial charge in [0.05, 0.1) is 13.0 Å². The summed E-state index contributed by atoms with van der Waals surface area (Å²) in [5, 5.41) is 8.03. The van der Waals surface area contributed by atoms with Gasteiger partial charge in [-0.25, -0.2) is 9.48 Å². The zero-order chi connectivity index (χ0) is 19.5. The molecule has 1 saturated carbocycles. The SMILES string of the molecule is O=C(Cc1ccc(Cl)cc1)NCCn1nc(-c2ccccc2)n(C2CC2)c1=O. The summed E-state index contributed by atoms with van der Waals surface area (Å²) in [5.41, 5.74) is 1.70. The van der Waals surface area contributed by atoms with Gasteiger partial charge >= 0.3 is 5.69 Å². The largest absolute Gasteiger partial charge is 0.354 e. The van der Waals surface area contributed by atoms with E-state index in [1.165, 1.54) is 4.68 Å². The zero-order valence-corrected chi connectivity index (χ0v) is 16.1. The third-order valence-electron chi connectivity index (χ3n) is 4.74. The molecule has 4 rings (SSSR count). The first-order chi connectivity index (χ1) is 13.6. The van der Waals surface area contributed by atoms with Crippen LogP contribution in [0, 0.1) is 0 Å². The molecule has 1 aliphatic rings. The van der Waals surface area contributed by atoms with Crippen molar-refractivity contribution in [3.8, 4) is 11.4 Å². The molecule has 3 aromatic rings. The number of benzene rings is 2. The summed E-state index contributed by atoms with van der Waals surface area (Å²) in [6.45, 7) is 0.687. The monoisotopic (exact) mass is 396 g/mol. The quantitative estimate of drug-likeness (QED) is 0.667. The first kappa shape index (κ1) is 18.5. The van der Waals surface area contributed by atoms with E-state index in [0.717, 1.165) is 24.0 Å². The number of halogens is 1. The Balaban J connectivity index is 1.42. The van der Waals surface area contributed by atoms with E-state index in [1.54, 1.807) is 16.7 Å². The van der Waals surface area contributed by atoms with E-state index in [-0.39, 0.29) is 24.1 Å². The minimum absolute atomic E-state index is 0.0970. The molecule has 1 amide bonds. The summed E-state index contributed by atoms with van der Waals surface area (Å²) in [6.07, 6.45) is 2.28. The maximum absolute atomic E-state index is 12.8. The molecule has 0 atom stereocenters. The number of aromatic nitrogens is 3. The van der Waals surface area contributed by atoms with E-state index in [4.69, 9.17) is 11.6 Å². The van der Waals surface area contributed by atoms with Gasteiger partial charge in [-0.2, -0.15) is 0 Å². The van der Waals surface area contributed by atoms with Crippen LogP contribution in [0.4, 0.5) is 0 Å². The Labute approximate surface area is 167 Å². The lowest BCUT2D eigenvalue weighted by atomic mass is 10.1. The molecule has 0 aliphatic heterocycles. The van der Waals surface area contributed by atoms with Crippen LogP contribution in [0.5, 0.6) is 0 Å². The van der Waals surface area contributed by atoms with Crippen LogP contribution < -0.4 is 11.0 Å². The Kier molecular flexibility index (Phi) is 5.30. The van der Waals surface area contributed by atoms with Crippen LogP contribution in [-0.4, -0.2) is 26.8 Å². The van der Waals surface area contributed by atoms with Crippen molar-refractivity contribution in [2.45, 2.75) is 31.8 Å². The molecule has 0 bridgehead atoms. The Morgan fingerprint density at radius 2 is 1.82 bits per heavy atom. The summed E-state index contributed by atoms with van der Waals surface area (Å²) >= 11 is 5.86. The molecule has 2 aromatic carbocycles. The lowest BCUT2D eigenvalue weighted by Crippen LogP contribution is -2.32. The van der Waals surface area contributed by atoms with Gasteiger partial charge in [0.2, 0.25) is 5.91 Å². The molecule has 1 aliphatic carbocycles. The lowest BCUT2D eigenvalue weighted by Gasteiger charge is -2.05. The van der Waals surface area contributed by atoms with E-state index in [0.29, 0.717) is 23.9 Å². The van der Waals surface area contributed by atoms with Crippen LogP contribution in [0.25, 0.3) is 11.4 Å². The van der Waals surface area contributed by atoms with Crippen molar-refractivity contribution in [2.24, 2.45) is 0 Å². The number of nitrogens with zero attached hydrogens (tertiary/aromatic N) is 3. The Bertz CT molecular complexity index is 1020. The smallest absolute Gasteiger partial charge is 0.346 e. The van der Waals surface area contributed by atoms with Gasteiger partial charge < -0.3 is 5.32 Å². The fourth-order valence-electron chi connectivity index (χ4n) is 3.16. The predicted octanol–water partition coefficient (Wildman–Crippen LogP) is 3.06. The number of amides is 1. The molecule has 1 heterocycles. The van der Waals surface area contributed by atoms with Crippen LogP contribution >= 0.6 is 11.6 Å². The van der Waals surface area contributed by atoms with E-state index in [1.807, 2.05) is 42.5 Å². The number of rotatable bonds is 7. The summed E-state index contributed by atoms with van der Waals surface area (Å²) in [4.78, 5) is 24.9. The molecule has 6 nitrogen and oxygen atoms in total. The zero-order valence-electron chi connectivity index (χ0n) is 15.3. The average molecular weight is 397 g/mol. The average Bonchev–Trinajstić information content (AvgIpc) is 3.48. The van der Waals surface area contributed by atoms with Crippen molar-refractivity contribution >= 4 is 17.5 Å². The van der Waals surface area contributed by atoms with Gasteiger partial charge in [0.15, 0.2) is 5.82 Å². The Morgan fingerprint density at radius 1 is 1.11 bits per heavy atom. The second-order valence-electron chi connectivity index (χ2n) is 6.95. The first-order valence-corrected chi connectivity index (χ1v) is 9.75. The Hall–Kier alpha value is -2.86. The van der Waals surface area contributed by atoms with E-state index < -0.39 is 0 Å². The van der Waals surface area contributed by atoms with Crippen LogP contribution in [0.3, 0.4) is 0 Å². The van der Waals surface area contributed by atoms with Crippen molar-refractivity contribution in [3.05, 3.63) is 75.7 Å². The molecule has 28 heavy (non-hydrogen) atoms. The fraction of sp³-hybridized carbons (Fsp3) is 0.286. The topological polar surface area (TPSA) is 68.9 Å². The molecule has 7 heteroatoms. The molecule has 0 unspecified atom stereocenters. The van der Waals surface area contributed by atoms with Crippen molar-refractivity contribution in [1.82, 2.24) is 19.7 Å². The standard InChI is InChI=1S/C21H21ClN4O2/c22-17-8-6-15(7-9-17)14-19(27)23-12-13-25-21(28)26(18-10-11-18)20(24-25)16-4-2-1-3-5-16/h1-9,18H,10-14H2,(H,23,27). The van der Waals surface area contributed by atoms with Gasteiger partial charge in [-0.15, -0.1) is 5.10 Å². The maximum atomic E-state index is 12.8. The normalized spacial score (nSPS) is 13.5. The molecule has 0 radical (unpaired) electrons. The molecule has 1 fully saturated rings. The van der Waals surface area contributed by atoms with E-state index in [2.05, 4.69) is 10.4 Å². The second-order valence-corrected chi connectivity index (χ2v) is 7.39. The van der Waals surface area contributed by atoms with Crippen LogP contribution in [0.2, 0.25) is 5.02 Å². The third-order valence-corrected chi connectivity index (χ3v) is 4.99. The summed E-state index contributed by atoms with van der Waals surface area (Å²) < 4.78 is 3.23. The Morgan fingerprint density at radius 3 is 2.50 bits per heavy atom. The lowest BCUT2D eigenvalue weighted by molar-refractivity contribution is -0.120.